The number of likely N-dealkylation sites (tertiary alicyclic amines) is 1. The molecular weight excluding hydrogens is 438 g/mol. The van der Waals surface area contributed by atoms with Gasteiger partial charge in [-0.05, 0) is 42.3 Å². The summed E-state index contributed by atoms with van der Waals surface area (Å²) in [5.74, 6) is 0.0847. The number of pyridine rings is 1. The number of likely N-dealkylation sites (N-methyl/N-ethyl adjacent to an activating group) is 1. The minimum atomic E-state index is -0.318. The summed E-state index contributed by atoms with van der Waals surface area (Å²) in [6.07, 6.45) is 2.39. The predicted octanol–water partition coefficient (Wildman–Crippen LogP) is 4.73. The molecule has 7 nitrogen and oxygen atoms in total. The Morgan fingerprint density at radius 3 is 2.67 bits per heavy atom. The molecule has 0 saturated carbocycles. The van der Waals surface area contributed by atoms with E-state index in [1.54, 1.807) is 41.3 Å². The standard InChI is InChI=1S/C25H26ClN5O2/c1-30(22-12-13-31(17-22)16-18-6-3-2-4-7-18)25(33)28-21-9-5-8-19(14-21)24(32)29-23-11-10-20(26)15-27-23/h2-11,14-15,22H,12-13,16-17H2,1H3,(H,28,33)(H,27,29,32). The van der Waals surface area contributed by atoms with E-state index in [1.165, 1.54) is 11.8 Å². The molecule has 8 heteroatoms. The zero-order chi connectivity index (χ0) is 23.2. The van der Waals surface area contributed by atoms with E-state index in [2.05, 4.69) is 32.7 Å². The van der Waals surface area contributed by atoms with Crippen LogP contribution in [0, 0.1) is 0 Å². The average molecular weight is 464 g/mol. The van der Waals surface area contributed by atoms with Crippen molar-refractivity contribution in [1.29, 1.82) is 0 Å². The van der Waals surface area contributed by atoms with Crippen molar-refractivity contribution < 1.29 is 9.59 Å². The molecule has 2 heterocycles. The van der Waals surface area contributed by atoms with Crippen LogP contribution >= 0.6 is 11.6 Å². The van der Waals surface area contributed by atoms with Gasteiger partial charge in [0.1, 0.15) is 5.82 Å². The van der Waals surface area contributed by atoms with E-state index in [9.17, 15) is 9.59 Å². The quantitative estimate of drug-likeness (QED) is 0.554. The number of rotatable bonds is 6. The first-order chi connectivity index (χ1) is 16.0. The Labute approximate surface area is 198 Å². The Morgan fingerprint density at radius 2 is 1.91 bits per heavy atom. The predicted molar refractivity (Wildman–Crippen MR) is 131 cm³/mol. The summed E-state index contributed by atoms with van der Waals surface area (Å²) in [5, 5.41) is 6.12. The molecule has 1 unspecified atom stereocenters. The molecule has 170 valence electrons. The lowest BCUT2D eigenvalue weighted by atomic mass is 10.2. The first-order valence-corrected chi connectivity index (χ1v) is 11.2. The summed E-state index contributed by atoms with van der Waals surface area (Å²) in [5.41, 5.74) is 2.25. The summed E-state index contributed by atoms with van der Waals surface area (Å²) in [4.78, 5) is 33.6. The van der Waals surface area contributed by atoms with Crippen molar-refractivity contribution >= 4 is 35.0 Å². The number of nitrogens with zero attached hydrogens (tertiary/aromatic N) is 3. The molecule has 1 saturated heterocycles. The largest absolute Gasteiger partial charge is 0.323 e. The second kappa shape index (κ2) is 10.5. The van der Waals surface area contributed by atoms with Gasteiger partial charge >= 0.3 is 6.03 Å². The number of nitrogens with one attached hydrogen (secondary N) is 2. The first-order valence-electron chi connectivity index (χ1n) is 10.8. The molecule has 1 aliphatic rings. The third-order valence-corrected chi connectivity index (χ3v) is 5.93. The lowest BCUT2D eigenvalue weighted by molar-refractivity contribution is 0.102. The number of amides is 3. The van der Waals surface area contributed by atoms with Crippen LogP contribution in [-0.4, -0.2) is 52.9 Å². The van der Waals surface area contributed by atoms with Gasteiger partial charge in [0.15, 0.2) is 0 Å². The van der Waals surface area contributed by atoms with Crippen LogP contribution in [-0.2, 0) is 6.54 Å². The molecule has 3 amide bonds. The van der Waals surface area contributed by atoms with Gasteiger partial charge in [0.2, 0.25) is 0 Å². The fourth-order valence-electron chi connectivity index (χ4n) is 3.87. The van der Waals surface area contributed by atoms with Crippen LogP contribution in [0.4, 0.5) is 16.3 Å². The van der Waals surface area contributed by atoms with Gasteiger partial charge in [-0.3, -0.25) is 9.69 Å². The minimum Gasteiger partial charge on any atom is -0.323 e. The minimum absolute atomic E-state index is 0.135. The average Bonchev–Trinajstić information content (AvgIpc) is 3.29. The van der Waals surface area contributed by atoms with Crippen molar-refractivity contribution in [3.8, 4) is 0 Å². The van der Waals surface area contributed by atoms with Gasteiger partial charge in [-0.15, -0.1) is 0 Å². The van der Waals surface area contributed by atoms with Crippen LogP contribution in [0.2, 0.25) is 5.02 Å². The van der Waals surface area contributed by atoms with Crippen LogP contribution in [0.15, 0.2) is 72.9 Å². The topological polar surface area (TPSA) is 77.6 Å². The Kier molecular flexibility index (Phi) is 7.22. The number of carbonyl (C=O) groups is 2. The summed E-state index contributed by atoms with van der Waals surface area (Å²) in [6, 6.07) is 20.4. The summed E-state index contributed by atoms with van der Waals surface area (Å²) < 4.78 is 0. The van der Waals surface area contributed by atoms with Gasteiger partial charge in [-0.25, -0.2) is 9.78 Å². The number of carbonyl (C=O) groups excluding carboxylic acids is 2. The Bertz CT molecular complexity index is 1110. The molecule has 4 rings (SSSR count). The van der Waals surface area contributed by atoms with Gasteiger partial charge < -0.3 is 15.5 Å². The molecule has 1 atom stereocenters. The lowest BCUT2D eigenvalue weighted by Crippen LogP contribution is -2.41. The Morgan fingerprint density at radius 1 is 1.09 bits per heavy atom. The van der Waals surface area contributed by atoms with Crippen LogP contribution < -0.4 is 10.6 Å². The molecule has 1 fully saturated rings. The van der Waals surface area contributed by atoms with Crippen LogP contribution in [0.25, 0.3) is 0 Å². The van der Waals surface area contributed by atoms with Crippen LogP contribution in [0.1, 0.15) is 22.3 Å². The van der Waals surface area contributed by atoms with Gasteiger partial charge in [-0.1, -0.05) is 48.0 Å². The molecule has 0 bridgehead atoms. The van der Waals surface area contributed by atoms with Crippen molar-refractivity contribution in [2.45, 2.75) is 19.0 Å². The van der Waals surface area contributed by atoms with E-state index in [0.717, 1.165) is 26.1 Å². The Hall–Kier alpha value is -3.42. The van der Waals surface area contributed by atoms with Crippen LogP contribution in [0.5, 0.6) is 0 Å². The molecule has 0 aliphatic carbocycles. The number of urea groups is 1. The summed E-state index contributed by atoms with van der Waals surface area (Å²) >= 11 is 5.83. The number of hydrogen-bond acceptors (Lipinski definition) is 4. The summed E-state index contributed by atoms with van der Waals surface area (Å²) in [6.45, 7) is 2.66. The highest BCUT2D eigenvalue weighted by atomic mass is 35.5. The van der Waals surface area contributed by atoms with E-state index in [-0.39, 0.29) is 18.0 Å². The summed E-state index contributed by atoms with van der Waals surface area (Å²) in [7, 11) is 1.81. The molecule has 2 N–H and O–H groups in total. The highest BCUT2D eigenvalue weighted by Gasteiger charge is 2.28. The third kappa shape index (κ3) is 6.09. The molecule has 1 aromatic heterocycles. The van der Waals surface area contributed by atoms with Gasteiger partial charge in [0.25, 0.3) is 5.91 Å². The highest BCUT2D eigenvalue weighted by molar-refractivity contribution is 6.30. The van der Waals surface area contributed by atoms with E-state index in [0.29, 0.717) is 22.1 Å². The number of benzene rings is 2. The van der Waals surface area contributed by atoms with E-state index >= 15 is 0 Å². The van der Waals surface area contributed by atoms with Crippen molar-refractivity contribution in [3.05, 3.63) is 89.1 Å². The molecule has 33 heavy (non-hydrogen) atoms. The fraction of sp³-hybridized carbons (Fsp3) is 0.240. The second-order valence-electron chi connectivity index (χ2n) is 8.10. The maximum absolute atomic E-state index is 12.8. The molecule has 3 aromatic rings. The van der Waals surface area contributed by atoms with Crippen LogP contribution in [0.3, 0.4) is 0 Å². The highest BCUT2D eigenvalue weighted by Crippen LogP contribution is 2.19. The van der Waals surface area contributed by atoms with Crippen molar-refractivity contribution in [2.75, 3.05) is 30.8 Å². The maximum Gasteiger partial charge on any atom is 0.321 e. The van der Waals surface area contributed by atoms with E-state index in [4.69, 9.17) is 11.6 Å². The number of anilines is 2. The Balaban J connectivity index is 1.32. The lowest BCUT2D eigenvalue weighted by Gasteiger charge is -2.25. The third-order valence-electron chi connectivity index (χ3n) is 5.71. The molecule has 0 radical (unpaired) electrons. The number of hydrogen-bond donors (Lipinski definition) is 2. The van der Waals surface area contributed by atoms with Gasteiger partial charge in [-0.2, -0.15) is 0 Å². The SMILES string of the molecule is CN(C(=O)Nc1cccc(C(=O)Nc2ccc(Cl)cn2)c1)C1CCN(Cc2ccccc2)C1. The number of aromatic nitrogens is 1. The zero-order valence-electron chi connectivity index (χ0n) is 18.4. The van der Waals surface area contributed by atoms with Crippen molar-refractivity contribution in [1.82, 2.24) is 14.8 Å². The van der Waals surface area contributed by atoms with Gasteiger partial charge in [0.05, 0.1) is 5.02 Å². The van der Waals surface area contributed by atoms with E-state index < -0.39 is 0 Å². The smallest absolute Gasteiger partial charge is 0.321 e. The van der Waals surface area contributed by atoms with Gasteiger partial charge in [0, 0.05) is 50.2 Å². The molecule has 0 spiro atoms. The van der Waals surface area contributed by atoms with Crippen molar-refractivity contribution in [2.24, 2.45) is 0 Å². The number of halogens is 1. The zero-order valence-corrected chi connectivity index (χ0v) is 19.1. The molecular formula is C25H26ClN5O2. The van der Waals surface area contributed by atoms with E-state index in [1.807, 2.05) is 25.2 Å². The molecule has 2 aromatic carbocycles. The maximum atomic E-state index is 12.8. The van der Waals surface area contributed by atoms with Crippen molar-refractivity contribution in [3.63, 3.8) is 0 Å². The normalized spacial score (nSPS) is 15.8. The molecule has 1 aliphatic heterocycles. The first kappa shape index (κ1) is 22.8. The monoisotopic (exact) mass is 463 g/mol. The second-order valence-corrected chi connectivity index (χ2v) is 8.54. The fourth-order valence-corrected chi connectivity index (χ4v) is 3.98.